The van der Waals surface area contributed by atoms with Crippen LogP contribution in [0.3, 0.4) is 0 Å². The number of ether oxygens (including phenoxy) is 2. The summed E-state index contributed by atoms with van der Waals surface area (Å²) in [5, 5.41) is 8.72. The van der Waals surface area contributed by atoms with Gasteiger partial charge in [-0.25, -0.2) is 0 Å². The molecule has 1 atom stereocenters. The van der Waals surface area contributed by atoms with E-state index >= 15 is 0 Å². The highest BCUT2D eigenvalue weighted by Gasteiger charge is 2.20. The molecule has 0 saturated carbocycles. The van der Waals surface area contributed by atoms with E-state index in [1.807, 2.05) is 0 Å². The Kier molecular flexibility index (Phi) is 6.01. The van der Waals surface area contributed by atoms with Crippen molar-refractivity contribution in [3.63, 3.8) is 0 Å². The fourth-order valence-corrected chi connectivity index (χ4v) is 2.58. The number of ketones is 1. The molecule has 5 nitrogen and oxygen atoms in total. The van der Waals surface area contributed by atoms with Crippen molar-refractivity contribution in [3.05, 3.63) is 22.2 Å². The Morgan fingerprint density at radius 2 is 1.90 bits per heavy atom. The van der Waals surface area contributed by atoms with Crippen LogP contribution in [0.15, 0.2) is 16.6 Å². The predicted molar refractivity (Wildman–Crippen MR) is 77.6 cm³/mol. The molecule has 0 aliphatic rings. The number of carbonyl (C=O) groups excluding carboxylic acids is 1. The molecule has 0 saturated heterocycles. The van der Waals surface area contributed by atoms with E-state index in [1.54, 1.807) is 19.1 Å². The van der Waals surface area contributed by atoms with Crippen LogP contribution in [-0.2, 0) is 4.79 Å². The second kappa shape index (κ2) is 7.28. The molecule has 0 amide bonds. The Morgan fingerprint density at radius 3 is 2.40 bits per heavy atom. The van der Waals surface area contributed by atoms with Gasteiger partial charge in [0.1, 0.15) is 16.0 Å². The van der Waals surface area contributed by atoms with Crippen molar-refractivity contribution < 1.29 is 24.2 Å². The SMILES string of the molecule is COc1ccc(C(=O)CC(C)CC(=O)O)c(OC)c1Br. The summed E-state index contributed by atoms with van der Waals surface area (Å²) in [5.74, 6) is -0.327. The van der Waals surface area contributed by atoms with E-state index < -0.39 is 5.97 Å². The van der Waals surface area contributed by atoms with Gasteiger partial charge in [-0.05, 0) is 34.0 Å². The Hall–Kier alpha value is -1.56. The largest absolute Gasteiger partial charge is 0.495 e. The monoisotopic (exact) mass is 344 g/mol. The third-order valence-corrected chi connectivity index (χ3v) is 3.59. The highest BCUT2D eigenvalue weighted by atomic mass is 79.9. The summed E-state index contributed by atoms with van der Waals surface area (Å²) in [7, 11) is 2.99. The summed E-state index contributed by atoms with van der Waals surface area (Å²) in [4.78, 5) is 22.9. The molecule has 1 rings (SSSR count). The number of hydrogen-bond acceptors (Lipinski definition) is 4. The third kappa shape index (κ3) is 3.96. The van der Waals surface area contributed by atoms with Gasteiger partial charge in [-0.2, -0.15) is 0 Å². The summed E-state index contributed by atoms with van der Waals surface area (Å²) in [5.41, 5.74) is 0.414. The van der Waals surface area contributed by atoms with Gasteiger partial charge in [-0.15, -0.1) is 0 Å². The normalized spacial score (nSPS) is 11.8. The summed E-state index contributed by atoms with van der Waals surface area (Å²) >= 11 is 3.33. The van der Waals surface area contributed by atoms with Crippen molar-refractivity contribution in [2.75, 3.05) is 14.2 Å². The molecule has 1 aromatic rings. The second-order valence-corrected chi connectivity index (χ2v) is 5.29. The van der Waals surface area contributed by atoms with Crippen LogP contribution in [0.5, 0.6) is 11.5 Å². The Bertz CT molecular complexity index is 513. The summed E-state index contributed by atoms with van der Waals surface area (Å²) < 4.78 is 10.9. The molecule has 0 bridgehead atoms. The first kappa shape index (κ1) is 16.5. The minimum Gasteiger partial charge on any atom is -0.495 e. The molecule has 110 valence electrons. The molecule has 0 heterocycles. The van der Waals surface area contributed by atoms with E-state index in [9.17, 15) is 9.59 Å². The van der Waals surface area contributed by atoms with Crippen molar-refractivity contribution >= 4 is 27.7 Å². The van der Waals surface area contributed by atoms with Gasteiger partial charge in [0.15, 0.2) is 5.78 Å². The van der Waals surface area contributed by atoms with Crippen LogP contribution in [0.1, 0.15) is 30.1 Å². The van der Waals surface area contributed by atoms with Gasteiger partial charge in [0.2, 0.25) is 0 Å². The lowest BCUT2D eigenvalue weighted by molar-refractivity contribution is -0.137. The molecular formula is C14H17BrO5. The maximum Gasteiger partial charge on any atom is 0.303 e. The zero-order valence-corrected chi connectivity index (χ0v) is 13.2. The van der Waals surface area contributed by atoms with E-state index in [0.29, 0.717) is 21.5 Å². The molecular weight excluding hydrogens is 328 g/mol. The van der Waals surface area contributed by atoms with E-state index in [2.05, 4.69) is 15.9 Å². The zero-order valence-electron chi connectivity index (χ0n) is 11.6. The predicted octanol–water partition coefficient (Wildman–Crippen LogP) is 3.15. The summed E-state index contributed by atoms with van der Waals surface area (Å²) in [6.45, 7) is 1.73. The van der Waals surface area contributed by atoms with E-state index in [0.717, 1.165) is 0 Å². The molecule has 0 aliphatic heterocycles. The topological polar surface area (TPSA) is 72.8 Å². The quantitative estimate of drug-likeness (QED) is 0.769. The first-order valence-corrected chi connectivity index (χ1v) is 6.85. The molecule has 6 heteroatoms. The van der Waals surface area contributed by atoms with Crippen LogP contribution in [0.2, 0.25) is 0 Å². The molecule has 0 fully saturated rings. The molecule has 0 radical (unpaired) electrons. The van der Waals surface area contributed by atoms with Gasteiger partial charge in [-0.3, -0.25) is 9.59 Å². The lowest BCUT2D eigenvalue weighted by Gasteiger charge is -2.14. The smallest absolute Gasteiger partial charge is 0.303 e. The molecule has 0 aliphatic carbocycles. The zero-order chi connectivity index (χ0) is 15.3. The number of carbonyl (C=O) groups is 2. The average molecular weight is 345 g/mol. The first-order chi connectivity index (χ1) is 9.40. The van der Waals surface area contributed by atoms with E-state index in [-0.39, 0.29) is 24.5 Å². The minimum atomic E-state index is -0.909. The number of rotatable bonds is 7. The number of aliphatic carboxylic acids is 1. The number of carboxylic acid groups (broad SMARTS) is 1. The van der Waals surface area contributed by atoms with Crippen LogP contribution in [0.25, 0.3) is 0 Å². The highest BCUT2D eigenvalue weighted by molar-refractivity contribution is 9.10. The van der Waals surface area contributed by atoms with Crippen LogP contribution < -0.4 is 9.47 Å². The third-order valence-electron chi connectivity index (χ3n) is 2.84. The van der Waals surface area contributed by atoms with Crippen LogP contribution in [0.4, 0.5) is 0 Å². The van der Waals surface area contributed by atoms with Gasteiger partial charge in [-0.1, -0.05) is 6.92 Å². The van der Waals surface area contributed by atoms with Crippen molar-refractivity contribution in [2.45, 2.75) is 19.8 Å². The fraction of sp³-hybridized carbons (Fsp3) is 0.429. The van der Waals surface area contributed by atoms with Crippen molar-refractivity contribution in [2.24, 2.45) is 5.92 Å². The fourth-order valence-electron chi connectivity index (χ4n) is 1.91. The standard InChI is InChI=1S/C14H17BrO5/c1-8(7-12(17)18)6-10(16)9-4-5-11(19-2)13(15)14(9)20-3/h4-5,8H,6-7H2,1-3H3,(H,17,18). The van der Waals surface area contributed by atoms with Crippen LogP contribution >= 0.6 is 15.9 Å². The van der Waals surface area contributed by atoms with Crippen molar-refractivity contribution in [3.8, 4) is 11.5 Å². The van der Waals surface area contributed by atoms with E-state index in [1.165, 1.54) is 14.2 Å². The molecule has 0 aromatic heterocycles. The van der Waals surface area contributed by atoms with Gasteiger partial charge < -0.3 is 14.6 Å². The van der Waals surface area contributed by atoms with Gasteiger partial charge >= 0.3 is 5.97 Å². The molecule has 20 heavy (non-hydrogen) atoms. The highest BCUT2D eigenvalue weighted by Crippen LogP contribution is 2.37. The summed E-state index contributed by atoms with van der Waals surface area (Å²) in [6.07, 6.45) is 0.118. The second-order valence-electron chi connectivity index (χ2n) is 4.49. The van der Waals surface area contributed by atoms with Gasteiger partial charge in [0.05, 0.1) is 19.8 Å². The number of benzene rings is 1. The number of hydrogen-bond donors (Lipinski definition) is 1. The van der Waals surface area contributed by atoms with E-state index in [4.69, 9.17) is 14.6 Å². The molecule has 0 spiro atoms. The number of halogens is 1. The Morgan fingerprint density at radius 1 is 1.25 bits per heavy atom. The minimum absolute atomic E-state index is 0.0363. The van der Waals surface area contributed by atoms with Crippen molar-refractivity contribution in [1.82, 2.24) is 0 Å². The Balaban J connectivity index is 2.98. The molecule has 1 aromatic carbocycles. The first-order valence-electron chi connectivity index (χ1n) is 6.06. The Labute approximate surface area is 126 Å². The number of carboxylic acids is 1. The number of Topliss-reactive ketones (excluding diaryl/α,β-unsaturated/α-hetero) is 1. The molecule has 1 unspecified atom stereocenters. The lowest BCUT2D eigenvalue weighted by Crippen LogP contribution is -2.11. The number of methoxy groups -OCH3 is 2. The maximum absolute atomic E-state index is 12.2. The van der Waals surface area contributed by atoms with Crippen LogP contribution in [0, 0.1) is 5.92 Å². The average Bonchev–Trinajstić information content (AvgIpc) is 2.36. The van der Waals surface area contributed by atoms with Gasteiger partial charge in [0, 0.05) is 12.8 Å². The lowest BCUT2D eigenvalue weighted by atomic mass is 9.96. The van der Waals surface area contributed by atoms with Gasteiger partial charge in [0.25, 0.3) is 0 Å². The molecule has 1 N–H and O–H groups in total. The van der Waals surface area contributed by atoms with Crippen molar-refractivity contribution in [1.29, 1.82) is 0 Å². The van der Waals surface area contributed by atoms with Crippen LogP contribution in [-0.4, -0.2) is 31.1 Å². The summed E-state index contributed by atoms with van der Waals surface area (Å²) in [6, 6.07) is 3.29. The maximum atomic E-state index is 12.2.